The van der Waals surface area contributed by atoms with Gasteiger partial charge < -0.3 is 50.6 Å². The number of halogens is 1. The highest BCUT2D eigenvalue weighted by Crippen LogP contribution is 2.43. The number of ketones is 1. The zero-order valence-electron chi connectivity index (χ0n) is 47.9. The van der Waals surface area contributed by atoms with E-state index in [0.717, 1.165) is 71.3 Å². The number of likely N-dealkylation sites (N-methyl/N-ethyl adjacent to an activating group) is 1. The maximum Gasteiger partial charge on any atom is 0.254 e. The highest BCUT2D eigenvalue weighted by atomic mass is 19.1. The van der Waals surface area contributed by atoms with Crippen LogP contribution in [0.15, 0.2) is 72.9 Å². The predicted octanol–water partition coefficient (Wildman–Crippen LogP) is 7.34. The van der Waals surface area contributed by atoms with Gasteiger partial charge in [-0.2, -0.15) is 5.10 Å². The monoisotopic (exact) mass is 1110 g/mol. The summed E-state index contributed by atoms with van der Waals surface area (Å²) in [5, 5.41) is 14.2. The minimum Gasteiger partial charge on any atom is -0.491 e. The molecule has 0 radical (unpaired) electrons. The van der Waals surface area contributed by atoms with Crippen LogP contribution in [0.3, 0.4) is 0 Å². The number of anilines is 2. The summed E-state index contributed by atoms with van der Waals surface area (Å²) in [6.07, 6.45) is 7.50. The Balaban J connectivity index is 0.743. The number of aryl methyl sites for hydroxylation is 2. The molecule has 4 amide bonds. The predicted molar refractivity (Wildman–Crippen MR) is 307 cm³/mol. The number of amides is 4. The van der Waals surface area contributed by atoms with E-state index in [1.807, 2.05) is 68.8 Å². The van der Waals surface area contributed by atoms with Crippen molar-refractivity contribution in [2.45, 2.75) is 142 Å². The maximum atomic E-state index is 14.7. The minimum absolute atomic E-state index is 0.0721. The Hall–Kier alpha value is -7.22. The summed E-state index contributed by atoms with van der Waals surface area (Å²) in [4.78, 5) is 79.4. The molecule has 5 heterocycles. The maximum absolute atomic E-state index is 14.7. The van der Waals surface area contributed by atoms with E-state index in [1.165, 1.54) is 17.7 Å². The number of nitrogens with two attached hydrogens (primary N) is 1. The number of ether oxygens (including phenoxy) is 3. The number of pyridine rings is 1. The molecule has 432 valence electrons. The lowest BCUT2D eigenvalue weighted by Gasteiger charge is -2.41. The number of carbonyl (C=O) groups excluding carboxylic acids is 5. The summed E-state index contributed by atoms with van der Waals surface area (Å²) < 4.78 is 34.3. The van der Waals surface area contributed by atoms with Gasteiger partial charge in [0.2, 0.25) is 17.7 Å². The van der Waals surface area contributed by atoms with Crippen LogP contribution in [0.2, 0.25) is 0 Å². The number of rotatable bonds is 20. The van der Waals surface area contributed by atoms with E-state index in [-0.39, 0.29) is 74.2 Å². The molecule has 0 saturated carbocycles. The van der Waals surface area contributed by atoms with E-state index >= 15 is 0 Å². The van der Waals surface area contributed by atoms with Crippen molar-refractivity contribution in [3.05, 3.63) is 124 Å². The van der Waals surface area contributed by atoms with Crippen LogP contribution < -0.4 is 31.3 Å². The van der Waals surface area contributed by atoms with Crippen LogP contribution in [0.1, 0.15) is 134 Å². The number of nitrogens with one attached hydrogen (secondary N) is 3. The Morgan fingerprint density at radius 1 is 0.889 bits per heavy atom. The molecule has 1 aliphatic carbocycles. The third kappa shape index (κ3) is 13.4. The smallest absolute Gasteiger partial charge is 0.254 e. The summed E-state index contributed by atoms with van der Waals surface area (Å²) in [7, 11) is 3.42. The Morgan fingerprint density at radius 2 is 1.67 bits per heavy atom. The van der Waals surface area contributed by atoms with Gasteiger partial charge in [-0.25, -0.2) is 9.37 Å². The third-order valence-corrected chi connectivity index (χ3v) is 16.4. The lowest BCUT2D eigenvalue weighted by molar-refractivity contribution is -0.147. The molecule has 5 N–H and O–H groups in total. The van der Waals surface area contributed by atoms with Gasteiger partial charge in [0, 0.05) is 74.5 Å². The van der Waals surface area contributed by atoms with Crippen molar-refractivity contribution < 1.29 is 42.6 Å². The fraction of sp³-hybridized carbons (Fsp3) is 0.500. The Labute approximate surface area is 474 Å². The normalized spacial score (nSPS) is 18.5. The highest BCUT2D eigenvalue weighted by molar-refractivity contribution is 5.96. The standard InChI is InChI=1S/C62H79FN10O8/c1-38(65-6)58(75)68-56(62(3,4)5)61(78)72-36-43-31-46(21-19-41(43)32-54(72)59(76)67-50-17-10-14-40-13-8-9-16-47(40)50)81-30-29-80-28-27-79-26-23-45(74)15-11-25-73-39(2)55-42-33-53(57(64)66-35-42)71-24-12-18-52(71)49-34-44(63)20-22-48(49)60(77)70(7)37-51(55)69-73/h8-9,13,16,19-22,31,33-35,38,50,52,54,56,65H,10-12,14-15,17-18,23-30,32,36-37H2,1-7H3,(H2,64,66)(H,67,76)(H,68,75)/t38-,50+,52+,54-,56+/m0/s1. The number of benzene rings is 3. The van der Waals surface area contributed by atoms with Crippen LogP contribution in [0.25, 0.3) is 11.1 Å². The van der Waals surface area contributed by atoms with E-state index in [0.29, 0.717) is 80.6 Å². The minimum atomic E-state index is -0.895. The summed E-state index contributed by atoms with van der Waals surface area (Å²) in [6.45, 7) is 12.4. The molecule has 4 aliphatic rings. The summed E-state index contributed by atoms with van der Waals surface area (Å²) in [5.41, 5.74) is 15.0. The molecule has 2 aromatic heterocycles. The first-order valence-electron chi connectivity index (χ1n) is 28.6. The number of nitrogens with zero attached hydrogens (tertiary/aromatic N) is 6. The van der Waals surface area contributed by atoms with Crippen molar-refractivity contribution in [2.75, 3.05) is 64.3 Å². The molecule has 0 unspecified atom stereocenters. The van der Waals surface area contributed by atoms with Crippen molar-refractivity contribution in [3.8, 4) is 16.9 Å². The molecule has 81 heavy (non-hydrogen) atoms. The fourth-order valence-electron chi connectivity index (χ4n) is 11.8. The first kappa shape index (κ1) is 58.4. The first-order chi connectivity index (χ1) is 38.9. The second-order valence-corrected chi connectivity index (χ2v) is 23.1. The van der Waals surface area contributed by atoms with Gasteiger partial charge >= 0.3 is 0 Å². The molecule has 0 spiro atoms. The van der Waals surface area contributed by atoms with E-state index in [4.69, 9.17) is 25.0 Å². The molecular formula is C62H79FN10O8. The third-order valence-electron chi connectivity index (χ3n) is 16.4. The lowest BCUT2D eigenvalue weighted by atomic mass is 9.83. The van der Waals surface area contributed by atoms with Crippen LogP contribution in [0.5, 0.6) is 5.75 Å². The van der Waals surface area contributed by atoms with Crippen LogP contribution in [0.4, 0.5) is 15.9 Å². The van der Waals surface area contributed by atoms with E-state index in [2.05, 4.69) is 38.0 Å². The van der Waals surface area contributed by atoms with Gasteiger partial charge in [0.15, 0.2) is 0 Å². The largest absolute Gasteiger partial charge is 0.491 e. The average Bonchev–Trinajstić information content (AvgIpc) is 4.07. The zero-order chi connectivity index (χ0) is 57.5. The molecule has 3 aliphatic heterocycles. The molecule has 5 aromatic rings. The van der Waals surface area contributed by atoms with Gasteiger partial charge in [-0.3, -0.25) is 28.7 Å². The van der Waals surface area contributed by atoms with Crippen molar-refractivity contribution >= 4 is 40.9 Å². The van der Waals surface area contributed by atoms with Crippen LogP contribution >= 0.6 is 0 Å². The average molecular weight is 1110 g/mol. The van der Waals surface area contributed by atoms with Gasteiger partial charge in [-0.15, -0.1) is 0 Å². The van der Waals surface area contributed by atoms with Crippen LogP contribution in [0, 0.1) is 18.2 Å². The number of carbonyl (C=O) groups is 5. The Morgan fingerprint density at radius 3 is 2.46 bits per heavy atom. The number of fused-ring (bicyclic) bond motifs is 10. The molecule has 3 aromatic carbocycles. The lowest BCUT2D eigenvalue weighted by Crippen LogP contribution is -2.62. The molecule has 9 rings (SSSR count). The van der Waals surface area contributed by atoms with Crippen molar-refractivity contribution in [1.29, 1.82) is 0 Å². The Kier molecular flexibility index (Phi) is 18.5. The summed E-state index contributed by atoms with van der Waals surface area (Å²) in [5.74, 6) is -0.445. The molecule has 2 bridgehead atoms. The SMILES string of the molecule is CN[C@@H](C)C(=O)N[C@H](C(=O)N1Cc2cc(OCCOCCOCCC(=O)CCCn3nc4c(c3C)-c3cnc(N)c(c3)N3CCC[C@@H]3c3cc(F)ccc3C(=O)N(C)C4)ccc2C[C@H]1C(=O)N[C@@H]1CCCc2ccccc21)C(C)(C)C. The van der Waals surface area contributed by atoms with Crippen LogP contribution in [-0.4, -0.2) is 126 Å². The Bertz CT molecular complexity index is 3120. The quantitative estimate of drug-likeness (QED) is 0.0562. The molecule has 19 heteroatoms. The van der Waals surface area contributed by atoms with E-state index in [9.17, 15) is 28.4 Å². The number of aromatic nitrogens is 3. The first-order valence-corrected chi connectivity index (χ1v) is 28.6. The van der Waals surface area contributed by atoms with E-state index < -0.39 is 29.4 Å². The topological polar surface area (TPSA) is 216 Å². The van der Waals surface area contributed by atoms with Gasteiger partial charge in [0.25, 0.3) is 5.91 Å². The summed E-state index contributed by atoms with van der Waals surface area (Å²) >= 11 is 0. The van der Waals surface area contributed by atoms with Gasteiger partial charge in [0.05, 0.1) is 62.5 Å². The highest BCUT2D eigenvalue weighted by Gasteiger charge is 2.43. The van der Waals surface area contributed by atoms with E-state index in [1.54, 1.807) is 43.1 Å². The summed E-state index contributed by atoms with van der Waals surface area (Å²) in [6, 6.07) is 17.7. The molecule has 1 saturated heterocycles. The van der Waals surface area contributed by atoms with Crippen molar-refractivity contribution in [2.24, 2.45) is 5.41 Å². The van der Waals surface area contributed by atoms with Gasteiger partial charge in [-0.05, 0) is 129 Å². The number of Topliss-reactive ketones (excluding diaryl/α,β-unsaturated/α-hetero) is 1. The molecule has 5 atom stereocenters. The van der Waals surface area contributed by atoms with Gasteiger partial charge in [-0.1, -0.05) is 51.1 Å². The molecular weight excluding hydrogens is 1030 g/mol. The molecule has 18 nitrogen and oxygen atoms in total. The fourth-order valence-corrected chi connectivity index (χ4v) is 11.8. The second-order valence-electron chi connectivity index (χ2n) is 23.1. The number of hydrogen-bond donors (Lipinski definition) is 4. The second kappa shape index (κ2) is 25.7. The molecule has 1 fully saturated rings. The van der Waals surface area contributed by atoms with Gasteiger partial charge in [0.1, 0.15) is 41.9 Å². The zero-order valence-corrected chi connectivity index (χ0v) is 47.9. The van der Waals surface area contributed by atoms with Crippen LogP contribution in [-0.2, 0) is 61.1 Å². The van der Waals surface area contributed by atoms with Crippen molar-refractivity contribution in [1.82, 2.24) is 40.5 Å². The number of nitrogen functional groups attached to an aromatic ring is 1. The van der Waals surface area contributed by atoms with Crippen molar-refractivity contribution in [3.63, 3.8) is 0 Å². The number of hydrogen-bond acceptors (Lipinski definition) is 13.